The van der Waals surface area contributed by atoms with Gasteiger partial charge in [-0.3, -0.25) is 19.3 Å². The second-order valence-corrected chi connectivity index (χ2v) is 14.5. The van der Waals surface area contributed by atoms with Crippen LogP contribution in [0, 0.1) is 23.7 Å². The number of hydrogen-bond donors (Lipinski definition) is 0. The van der Waals surface area contributed by atoms with Crippen LogP contribution in [0.1, 0.15) is 34.1 Å². The fraction of sp³-hybridized carbons (Fsp3) is 0.286. The van der Waals surface area contributed by atoms with Gasteiger partial charge in [-0.1, -0.05) is 55.6 Å². The lowest BCUT2D eigenvalue weighted by Crippen LogP contribution is -2.37. The third-order valence-corrected chi connectivity index (χ3v) is 12.9. The van der Waals surface area contributed by atoms with E-state index < -0.39 is 12.1 Å². The number of ketones is 1. The molecule has 7 unspecified atom stereocenters. The summed E-state index contributed by atoms with van der Waals surface area (Å²) in [5, 5.41) is 0.894. The Morgan fingerprint density at radius 2 is 1.54 bits per heavy atom. The molecule has 2 amide bonds. The summed E-state index contributed by atoms with van der Waals surface area (Å²) in [5.41, 5.74) is 2.73. The number of amides is 2. The van der Waals surface area contributed by atoms with Crippen molar-refractivity contribution in [2.75, 3.05) is 12.0 Å². The van der Waals surface area contributed by atoms with Crippen molar-refractivity contribution in [3.05, 3.63) is 88.9 Å². The number of ether oxygens (including phenoxy) is 2. The number of nitrogens with zero attached hydrogens (tertiary/aromatic N) is 2. The number of carbonyl (C=O) groups excluding carboxylic acids is 4. The molecule has 46 heavy (non-hydrogen) atoms. The van der Waals surface area contributed by atoms with Crippen LogP contribution in [0.4, 0.5) is 5.69 Å². The molecule has 4 aromatic rings. The topological polar surface area (TPSA) is 103 Å². The van der Waals surface area contributed by atoms with Crippen LogP contribution in [0.5, 0.6) is 5.75 Å². The van der Waals surface area contributed by atoms with Crippen LogP contribution in [0.15, 0.2) is 72.8 Å². The highest BCUT2D eigenvalue weighted by Gasteiger charge is 2.66. The average Bonchev–Trinajstić information content (AvgIpc) is 3.68. The SMILES string of the molecule is COc1ccc(C(=O)C(C)OC(=O)c2cc(-c3ccc(N4C(=O)C5C6CC(C(Br)C6Br)C5C4=O)cc3)nc3ccc(Cl)cc23)cc1. The van der Waals surface area contributed by atoms with Gasteiger partial charge >= 0.3 is 5.97 Å². The standard InChI is InChI=1S/C35H27Br2ClN2O6/c1-16(32(41)18-5-10-21(45-2)11-6-18)46-35(44)23-15-27(39-26-12-7-19(38)13-22(23)26)17-3-8-20(9-4-17)40-33(42)28-24-14-25(29(28)34(40)43)31(37)30(24)36/h3-13,15-16,24-25,28-31H,14H2,1-2H3. The number of carbonyl (C=O) groups is 4. The lowest BCUT2D eigenvalue weighted by molar-refractivity contribution is -0.123. The molecular formula is C35H27Br2ClN2O6. The maximum absolute atomic E-state index is 13.5. The summed E-state index contributed by atoms with van der Waals surface area (Å²) >= 11 is 13.7. The zero-order valence-electron chi connectivity index (χ0n) is 24.7. The highest BCUT2D eigenvalue weighted by atomic mass is 79.9. The van der Waals surface area contributed by atoms with Crippen molar-refractivity contribution in [1.29, 1.82) is 0 Å². The Bertz CT molecular complexity index is 1890. The number of esters is 1. The molecule has 3 aliphatic rings. The maximum atomic E-state index is 13.5. The molecule has 7 atom stereocenters. The van der Waals surface area contributed by atoms with E-state index in [0.717, 1.165) is 6.42 Å². The molecule has 1 aromatic heterocycles. The zero-order valence-corrected chi connectivity index (χ0v) is 28.6. The summed E-state index contributed by atoms with van der Waals surface area (Å²) in [6.45, 7) is 1.52. The minimum Gasteiger partial charge on any atom is -0.497 e. The molecular weight excluding hydrogens is 740 g/mol. The molecule has 3 aromatic carbocycles. The van der Waals surface area contributed by atoms with E-state index in [1.807, 2.05) is 0 Å². The second kappa shape index (κ2) is 11.9. The van der Waals surface area contributed by atoms with Gasteiger partial charge in [-0.05, 0) is 85.8 Å². The lowest BCUT2D eigenvalue weighted by Gasteiger charge is -2.28. The van der Waals surface area contributed by atoms with E-state index >= 15 is 0 Å². The number of alkyl halides is 2. The van der Waals surface area contributed by atoms with Gasteiger partial charge in [0.1, 0.15) is 5.75 Å². The maximum Gasteiger partial charge on any atom is 0.339 e. The van der Waals surface area contributed by atoms with Crippen molar-refractivity contribution in [1.82, 2.24) is 4.98 Å². The number of pyridine rings is 1. The van der Waals surface area contributed by atoms with Gasteiger partial charge < -0.3 is 9.47 Å². The van der Waals surface area contributed by atoms with Crippen LogP contribution < -0.4 is 9.64 Å². The molecule has 2 saturated carbocycles. The van der Waals surface area contributed by atoms with Gasteiger partial charge in [-0.2, -0.15) is 0 Å². The molecule has 0 N–H and O–H groups in total. The summed E-state index contributed by atoms with van der Waals surface area (Å²) in [6.07, 6.45) is -0.195. The van der Waals surface area contributed by atoms with E-state index in [1.54, 1.807) is 72.8 Å². The average molecular weight is 767 g/mol. The molecule has 7 rings (SSSR count). The molecule has 1 aliphatic heterocycles. The minimum absolute atomic E-state index is 0.128. The van der Waals surface area contributed by atoms with Crippen molar-refractivity contribution >= 4 is 83.6 Å². The highest BCUT2D eigenvalue weighted by Crippen LogP contribution is 2.60. The molecule has 3 fully saturated rings. The van der Waals surface area contributed by atoms with Gasteiger partial charge in [0, 0.05) is 31.2 Å². The molecule has 2 bridgehead atoms. The fourth-order valence-corrected chi connectivity index (χ4v) is 9.21. The number of Topliss-reactive ketones (excluding diaryl/α,β-unsaturated/α-hetero) is 1. The van der Waals surface area contributed by atoms with Crippen LogP contribution in [0.25, 0.3) is 22.2 Å². The summed E-state index contributed by atoms with van der Waals surface area (Å²) in [4.78, 5) is 60.0. The fourth-order valence-electron chi connectivity index (χ4n) is 7.17. The highest BCUT2D eigenvalue weighted by molar-refractivity contribution is 9.12. The van der Waals surface area contributed by atoms with Gasteiger partial charge in [0.15, 0.2) is 6.10 Å². The molecule has 1 saturated heterocycles. The van der Waals surface area contributed by atoms with Crippen LogP contribution in [0.3, 0.4) is 0 Å². The molecule has 0 spiro atoms. The first-order chi connectivity index (χ1) is 22.1. The third-order valence-electron chi connectivity index (χ3n) is 9.43. The Morgan fingerprint density at radius 1 is 0.913 bits per heavy atom. The minimum atomic E-state index is -1.06. The lowest BCUT2D eigenvalue weighted by atomic mass is 9.81. The molecule has 11 heteroatoms. The van der Waals surface area contributed by atoms with E-state index in [0.29, 0.717) is 44.2 Å². The van der Waals surface area contributed by atoms with Crippen molar-refractivity contribution in [2.24, 2.45) is 23.7 Å². The Balaban J connectivity index is 1.16. The van der Waals surface area contributed by atoms with Crippen LogP contribution >= 0.6 is 43.5 Å². The van der Waals surface area contributed by atoms with E-state index in [2.05, 4.69) is 31.9 Å². The van der Waals surface area contributed by atoms with Gasteiger partial charge in [0.25, 0.3) is 0 Å². The second-order valence-electron chi connectivity index (χ2n) is 11.9. The summed E-state index contributed by atoms with van der Waals surface area (Å²) in [5.74, 6) is -1.11. The van der Waals surface area contributed by atoms with Crippen molar-refractivity contribution in [3.8, 4) is 17.0 Å². The first-order valence-electron chi connectivity index (χ1n) is 14.8. The van der Waals surface area contributed by atoms with Crippen LogP contribution in [-0.2, 0) is 14.3 Å². The molecule has 2 aliphatic carbocycles. The smallest absolute Gasteiger partial charge is 0.339 e. The predicted molar refractivity (Wildman–Crippen MR) is 181 cm³/mol. The van der Waals surface area contributed by atoms with E-state index in [-0.39, 0.29) is 56.5 Å². The van der Waals surface area contributed by atoms with Gasteiger partial charge in [0.2, 0.25) is 17.6 Å². The summed E-state index contributed by atoms with van der Waals surface area (Å²) in [6, 6.07) is 20.2. The Hall–Kier alpha value is -3.60. The van der Waals surface area contributed by atoms with Crippen molar-refractivity contribution in [3.63, 3.8) is 0 Å². The quantitative estimate of drug-likeness (QED) is 0.0844. The normalized spacial score (nSPS) is 25.5. The number of rotatable bonds is 7. The van der Waals surface area contributed by atoms with Crippen molar-refractivity contribution in [2.45, 2.75) is 29.1 Å². The Labute approximate surface area is 286 Å². The summed E-state index contributed by atoms with van der Waals surface area (Å²) in [7, 11) is 1.54. The van der Waals surface area contributed by atoms with Gasteiger partial charge in [-0.25, -0.2) is 9.78 Å². The number of hydrogen-bond acceptors (Lipinski definition) is 7. The molecule has 8 nitrogen and oxygen atoms in total. The van der Waals surface area contributed by atoms with Gasteiger partial charge in [0.05, 0.1) is 41.4 Å². The first-order valence-corrected chi connectivity index (χ1v) is 17.0. The third kappa shape index (κ3) is 5.05. The van der Waals surface area contributed by atoms with E-state index in [1.165, 1.54) is 18.9 Å². The van der Waals surface area contributed by atoms with Crippen LogP contribution in [-0.4, -0.2) is 51.4 Å². The Morgan fingerprint density at radius 3 is 2.15 bits per heavy atom. The number of methoxy groups -OCH3 is 1. The molecule has 2 heterocycles. The first kappa shape index (κ1) is 31.0. The predicted octanol–water partition coefficient (Wildman–Crippen LogP) is 7.27. The number of fused-ring (bicyclic) bond motifs is 6. The molecule has 234 valence electrons. The van der Waals surface area contributed by atoms with Crippen LogP contribution in [0.2, 0.25) is 5.02 Å². The van der Waals surface area contributed by atoms with Crippen molar-refractivity contribution < 1.29 is 28.7 Å². The number of halogens is 3. The van der Waals surface area contributed by atoms with Gasteiger partial charge in [-0.15, -0.1) is 0 Å². The molecule has 0 radical (unpaired) electrons. The Kier molecular flexibility index (Phi) is 8.02. The number of aromatic nitrogens is 1. The van der Waals surface area contributed by atoms with E-state index in [4.69, 9.17) is 26.1 Å². The number of anilines is 1. The largest absolute Gasteiger partial charge is 0.497 e. The number of benzene rings is 3. The summed E-state index contributed by atoms with van der Waals surface area (Å²) < 4.78 is 10.8. The monoisotopic (exact) mass is 764 g/mol. The zero-order chi connectivity index (χ0) is 32.4. The van der Waals surface area contributed by atoms with E-state index in [9.17, 15) is 19.2 Å². The number of imide groups is 1.